The highest BCUT2D eigenvalue weighted by Crippen LogP contribution is 2.32. The van der Waals surface area contributed by atoms with Crippen LogP contribution in [0.15, 0.2) is 35.2 Å². The number of rotatable bonds is 4. The molecule has 1 saturated heterocycles. The van der Waals surface area contributed by atoms with Crippen LogP contribution < -0.4 is 15.4 Å². The Hall–Kier alpha value is -2.34. The normalized spacial score (nSPS) is 17.7. The fraction of sp³-hybridized carbons (Fsp3) is 0.333. The first kappa shape index (κ1) is 13.6. The number of nitrogens with zero attached hydrogens (tertiary/aromatic N) is 1. The molecule has 1 aromatic heterocycles. The van der Waals surface area contributed by atoms with Gasteiger partial charge in [-0.3, -0.25) is 4.79 Å². The van der Waals surface area contributed by atoms with Crippen molar-refractivity contribution in [1.82, 2.24) is 10.3 Å². The zero-order chi connectivity index (χ0) is 14.7. The van der Waals surface area contributed by atoms with E-state index in [2.05, 4.69) is 15.6 Å². The maximum absolute atomic E-state index is 12.1. The molecule has 2 aromatic rings. The summed E-state index contributed by atoms with van der Waals surface area (Å²) >= 11 is 0. The van der Waals surface area contributed by atoms with E-state index in [0.29, 0.717) is 17.2 Å². The van der Waals surface area contributed by atoms with Crippen LogP contribution in [0.1, 0.15) is 12.8 Å². The average molecular weight is 287 g/mol. The first-order chi connectivity index (χ1) is 10.3. The molecule has 0 bridgehead atoms. The summed E-state index contributed by atoms with van der Waals surface area (Å²) in [6, 6.07) is 5.35. The summed E-state index contributed by atoms with van der Waals surface area (Å²) in [6.07, 6.45) is 4.90. The standard InChI is InChI=1S/C15H17N3O3/c1-20-13-7-10(18-15(19)12-3-2-6-17-12)4-5-11(13)14-8-16-9-21-14/h4-5,7-9,12,17H,2-3,6H2,1H3,(H,18,19)/t12-/m1/s1. The quantitative estimate of drug-likeness (QED) is 0.900. The van der Waals surface area contributed by atoms with Crippen LogP contribution in [0.4, 0.5) is 5.69 Å². The average Bonchev–Trinajstić information content (AvgIpc) is 3.20. The van der Waals surface area contributed by atoms with E-state index in [1.807, 2.05) is 12.1 Å². The summed E-state index contributed by atoms with van der Waals surface area (Å²) in [5.41, 5.74) is 1.50. The van der Waals surface area contributed by atoms with Crippen molar-refractivity contribution in [3.8, 4) is 17.1 Å². The molecule has 0 aliphatic carbocycles. The third-order valence-corrected chi connectivity index (χ3v) is 3.54. The molecule has 1 aromatic carbocycles. The number of benzene rings is 1. The Morgan fingerprint density at radius 2 is 2.43 bits per heavy atom. The Morgan fingerprint density at radius 1 is 1.52 bits per heavy atom. The van der Waals surface area contributed by atoms with Crippen molar-refractivity contribution in [2.75, 3.05) is 19.0 Å². The van der Waals surface area contributed by atoms with Gasteiger partial charge in [-0.25, -0.2) is 4.98 Å². The van der Waals surface area contributed by atoms with Gasteiger partial charge in [0.15, 0.2) is 12.2 Å². The van der Waals surface area contributed by atoms with Gasteiger partial charge in [0.1, 0.15) is 5.75 Å². The second kappa shape index (κ2) is 5.97. The predicted octanol–water partition coefficient (Wildman–Crippen LogP) is 2.04. The van der Waals surface area contributed by atoms with Crippen molar-refractivity contribution >= 4 is 11.6 Å². The van der Waals surface area contributed by atoms with Gasteiger partial charge in [0.25, 0.3) is 0 Å². The molecule has 110 valence electrons. The van der Waals surface area contributed by atoms with Crippen LogP contribution in [0.2, 0.25) is 0 Å². The Morgan fingerprint density at radius 3 is 3.10 bits per heavy atom. The third-order valence-electron chi connectivity index (χ3n) is 3.54. The number of hydrogen-bond donors (Lipinski definition) is 2. The molecule has 1 atom stereocenters. The van der Waals surface area contributed by atoms with E-state index in [9.17, 15) is 4.79 Å². The molecular weight excluding hydrogens is 270 g/mol. The van der Waals surface area contributed by atoms with Gasteiger partial charge in [0.05, 0.1) is 24.9 Å². The number of oxazole rings is 1. The minimum atomic E-state index is -0.107. The second-order valence-electron chi connectivity index (χ2n) is 4.92. The molecule has 21 heavy (non-hydrogen) atoms. The van der Waals surface area contributed by atoms with Crippen molar-refractivity contribution < 1.29 is 13.9 Å². The highest BCUT2D eigenvalue weighted by Gasteiger charge is 2.22. The molecule has 1 fully saturated rings. The third kappa shape index (κ3) is 2.90. The van der Waals surface area contributed by atoms with Crippen LogP contribution >= 0.6 is 0 Å². The van der Waals surface area contributed by atoms with Gasteiger partial charge in [-0.05, 0) is 31.5 Å². The second-order valence-corrected chi connectivity index (χ2v) is 4.92. The maximum atomic E-state index is 12.1. The fourth-order valence-electron chi connectivity index (χ4n) is 2.46. The minimum absolute atomic E-state index is 0.0121. The fourth-order valence-corrected chi connectivity index (χ4v) is 2.46. The van der Waals surface area contributed by atoms with E-state index in [-0.39, 0.29) is 11.9 Å². The van der Waals surface area contributed by atoms with Gasteiger partial charge in [-0.15, -0.1) is 0 Å². The highest BCUT2D eigenvalue weighted by molar-refractivity contribution is 5.95. The van der Waals surface area contributed by atoms with Crippen LogP contribution in [0.3, 0.4) is 0 Å². The topological polar surface area (TPSA) is 76.4 Å². The van der Waals surface area contributed by atoms with E-state index < -0.39 is 0 Å². The molecule has 2 heterocycles. The molecule has 0 radical (unpaired) electrons. The number of anilines is 1. The van der Waals surface area contributed by atoms with E-state index in [1.54, 1.807) is 19.4 Å². The van der Waals surface area contributed by atoms with E-state index in [4.69, 9.17) is 9.15 Å². The lowest BCUT2D eigenvalue weighted by Crippen LogP contribution is -2.35. The highest BCUT2D eigenvalue weighted by atomic mass is 16.5. The number of ether oxygens (including phenoxy) is 1. The van der Waals surface area contributed by atoms with Crippen LogP contribution in [0.5, 0.6) is 5.75 Å². The summed E-state index contributed by atoms with van der Waals surface area (Å²) in [5, 5.41) is 6.08. The molecule has 1 aliphatic heterocycles. The van der Waals surface area contributed by atoms with E-state index >= 15 is 0 Å². The monoisotopic (exact) mass is 287 g/mol. The predicted molar refractivity (Wildman–Crippen MR) is 78.1 cm³/mol. The SMILES string of the molecule is COc1cc(NC(=O)[C@H]2CCCN2)ccc1-c1cnco1. The van der Waals surface area contributed by atoms with Crippen molar-refractivity contribution in [2.45, 2.75) is 18.9 Å². The lowest BCUT2D eigenvalue weighted by atomic mass is 10.1. The lowest BCUT2D eigenvalue weighted by Gasteiger charge is -2.13. The summed E-state index contributed by atoms with van der Waals surface area (Å²) < 4.78 is 10.6. The largest absolute Gasteiger partial charge is 0.496 e. The smallest absolute Gasteiger partial charge is 0.241 e. The molecule has 6 heteroatoms. The van der Waals surface area contributed by atoms with Crippen LogP contribution in [0.25, 0.3) is 11.3 Å². The number of nitrogens with one attached hydrogen (secondary N) is 2. The molecule has 6 nitrogen and oxygen atoms in total. The Labute approximate surface area is 122 Å². The van der Waals surface area contributed by atoms with Gasteiger partial charge in [-0.1, -0.05) is 0 Å². The van der Waals surface area contributed by atoms with Crippen molar-refractivity contribution in [3.05, 3.63) is 30.8 Å². The zero-order valence-electron chi connectivity index (χ0n) is 11.8. The molecular formula is C15H17N3O3. The van der Waals surface area contributed by atoms with Gasteiger partial charge in [0.2, 0.25) is 5.91 Å². The lowest BCUT2D eigenvalue weighted by molar-refractivity contribution is -0.117. The number of methoxy groups -OCH3 is 1. The van der Waals surface area contributed by atoms with Gasteiger partial charge in [-0.2, -0.15) is 0 Å². The van der Waals surface area contributed by atoms with Crippen molar-refractivity contribution in [2.24, 2.45) is 0 Å². The molecule has 0 spiro atoms. The number of hydrogen-bond acceptors (Lipinski definition) is 5. The van der Waals surface area contributed by atoms with E-state index in [1.165, 1.54) is 6.39 Å². The molecule has 0 unspecified atom stereocenters. The Kier molecular flexibility index (Phi) is 3.87. The van der Waals surface area contributed by atoms with Crippen LogP contribution in [0, 0.1) is 0 Å². The molecule has 1 aliphatic rings. The summed E-state index contributed by atoms with van der Waals surface area (Å²) in [4.78, 5) is 16.0. The van der Waals surface area contributed by atoms with Crippen molar-refractivity contribution in [3.63, 3.8) is 0 Å². The molecule has 2 N–H and O–H groups in total. The summed E-state index contributed by atoms with van der Waals surface area (Å²) in [6.45, 7) is 0.895. The molecule has 1 amide bonds. The van der Waals surface area contributed by atoms with Gasteiger partial charge >= 0.3 is 0 Å². The first-order valence-corrected chi connectivity index (χ1v) is 6.89. The van der Waals surface area contributed by atoms with Gasteiger partial charge in [0, 0.05) is 11.8 Å². The number of carbonyl (C=O) groups excluding carboxylic acids is 1. The molecule has 0 saturated carbocycles. The number of aromatic nitrogens is 1. The van der Waals surface area contributed by atoms with Crippen LogP contribution in [-0.4, -0.2) is 30.6 Å². The van der Waals surface area contributed by atoms with Gasteiger partial charge < -0.3 is 19.8 Å². The maximum Gasteiger partial charge on any atom is 0.241 e. The summed E-state index contributed by atoms with van der Waals surface area (Å²) in [7, 11) is 1.58. The summed E-state index contributed by atoms with van der Waals surface area (Å²) in [5.74, 6) is 1.24. The zero-order valence-corrected chi connectivity index (χ0v) is 11.8. The minimum Gasteiger partial charge on any atom is -0.496 e. The number of amides is 1. The van der Waals surface area contributed by atoms with Crippen LogP contribution in [-0.2, 0) is 4.79 Å². The number of carbonyl (C=O) groups is 1. The first-order valence-electron chi connectivity index (χ1n) is 6.89. The Balaban J connectivity index is 1.79. The van der Waals surface area contributed by atoms with E-state index in [0.717, 1.165) is 24.9 Å². The molecule has 3 rings (SSSR count). The van der Waals surface area contributed by atoms with Crippen molar-refractivity contribution in [1.29, 1.82) is 0 Å². The Bertz CT molecular complexity index is 619.